The maximum atomic E-state index is 13.4. The Morgan fingerprint density at radius 1 is 0.968 bits per heavy atom. The maximum absolute atomic E-state index is 13.4. The highest BCUT2D eigenvalue weighted by Gasteiger charge is 2.27. The number of carbonyl (C=O) groups excluding carboxylic acids is 3. The van der Waals surface area contributed by atoms with Crippen molar-refractivity contribution in [3.63, 3.8) is 0 Å². The molecular weight excluding hydrogens is 390 g/mol. The molecule has 0 radical (unpaired) electrons. The Morgan fingerprint density at radius 3 is 2.32 bits per heavy atom. The molecule has 2 aromatic carbocycles. The predicted molar refractivity (Wildman–Crippen MR) is 125 cm³/mol. The Labute approximate surface area is 185 Å². The van der Waals surface area contributed by atoms with E-state index in [2.05, 4.69) is 17.6 Å². The minimum absolute atomic E-state index is 0.0323. The number of hydrogen-bond acceptors (Lipinski definition) is 3. The normalized spacial score (nSPS) is 13.9. The van der Waals surface area contributed by atoms with Crippen LogP contribution in [0.25, 0.3) is 10.8 Å². The first kappa shape index (κ1) is 24.4. The van der Waals surface area contributed by atoms with Crippen LogP contribution in [0.1, 0.15) is 81.8 Å². The largest absolute Gasteiger partial charge is 0.368 e. The minimum atomic E-state index is -0.761. The van der Waals surface area contributed by atoms with E-state index in [1.165, 1.54) is 0 Å². The molecule has 31 heavy (non-hydrogen) atoms. The zero-order chi connectivity index (χ0) is 23.0. The fourth-order valence-corrected chi connectivity index (χ4v) is 3.77. The van der Waals surface area contributed by atoms with Crippen LogP contribution in [-0.4, -0.2) is 23.8 Å². The molecule has 0 aliphatic rings. The van der Waals surface area contributed by atoms with Crippen molar-refractivity contribution in [3.05, 3.63) is 47.5 Å². The fraction of sp³-hybridized carbons (Fsp3) is 0.480. The van der Waals surface area contributed by atoms with Crippen LogP contribution < -0.4 is 16.4 Å². The van der Waals surface area contributed by atoms with E-state index in [0.717, 1.165) is 30.0 Å². The molecule has 0 aliphatic heterocycles. The zero-order valence-corrected chi connectivity index (χ0v) is 19.0. The molecule has 0 saturated heterocycles. The van der Waals surface area contributed by atoms with Crippen LogP contribution in [0.3, 0.4) is 0 Å². The van der Waals surface area contributed by atoms with E-state index in [0.29, 0.717) is 24.0 Å². The van der Waals surface area contributed by atoms with Gasteiger partial charge in [-0.15, -0.1) is 0 Å². The van der Waals surface area contributed by atoms with Crippen LogP contribution in [0.2, 0.25) is 0 Å². The van der Waals surface area contributed by atoms with Crippen molar-refractivity contribution in [1.82, 2.24) is 10.6 Å². The summed E-state index contributed by atoms with van der Waals surface area (Å²) in [5, 5.41) is 7.54. The number of hydrogen-bond donors (Lipinski definition) is 3. The van der Waals surface area contributed by atoms with Crippen molar-refractivity contribution in [1.29, 1.82) is 0 Å². The molecule has 0 bridgehead atoms. The summed E-state index contributed by atoms with van der Waals surface area (Å²) >= 11 is 0. The minimum Gasteiger partial charge on any atom is -0.368 e. The molecule has 2 rings (SSSR count). The Hall–Kier alpha value is -2.89. The fourth-order valence-electron chi connectivity index (χ4n) is 3.77. The van der Waals surface area contributed by atoms with Gasteiger partial charge in [-0.2, -0.15) is 0 Å². The highest BCUT2D eigenvalue weighted by Crippen LogP contribution is 2.27. The van der Waals surface area contributed by atoms with Crippen molar-refractivity contribution in [2.75, 3.05) is 0 Å². The Kier molecular flexibility index (Phi) is 9.03. The number of nitrogens with two attached hydrogens (primary N) is 1. The van der Waals surface area contributed by atoms with Crippen molar-refractivity contribution in [2.45, 2.75) is 71.9 Å². The van der Waals surface area contributed by atoms with Crippen LogP contribution in [0.15, 0.2) is 36.4 Å². The van der Waals surface area contributed by atoms with E-state index in [9.17, 15) is 14.4 Å². The van der Waals surface area contributed by atoms with Crippen LogP contribution in [0.4, 0.5) is 0 Å². The van der Waals surface area contributed by atoms with E-state index >= 15 is 0 Å². The highest BCUT2D eigenvalue weighted by atomic mass is 16.2. The van der Waals surface area contributed by atoms with Gasteiger partial charge in [0.05, 0.1) is 11.6 Å². The number of unbranched alkanes of at least 4 members (excludes halogenated alkanes) is 2. The molecule has 0 spiro atoms. The maximum Gasteiger partial charge on any atom is 0.252 e. The lowest BCUT2D eigenvalue weighted by Gasteiger charge is -2.24. The molecule has 168 valence electrons. The summed E-state index contributed by atoms with van der Waals surface area (Å²) in [6.07, 6.45) is 4.07. The molecule has 0 aliphatic carbocycles. The van der Waals surface area contributed by atoms with Gasteiger partial charge in [-0.05, 0) is 35.6 Å². The third-order valence-corrected chi connectivity index (χ3v) is 5.85. The van der Waals surface area contributed by atoms with E-state index in [1.54, 1.807) is 0 Å². The first-order chi connectivity index (χ1) is 14.8. The average Bonchev–Trinajstić information content (AvgIpc) is 2.75. The summed E-state index contributed by atoms with van der Waals surface area (Å²) < 4.78 is 0. The molecule has 6 heteroatoms. The van der Waals surface area contributed by atoms with Crippen molar-refractivity contribution in [2.24, 2.45) is 11.7 Å². The number of primary amides is 1. The molecule has 2 aromatic rings. The summed E-state index contributed by atoms with van der Waals surface area (Å²) in [5.74, 6) is -1.03. The van der Waals surface area contributed by atoms with Crippen molar-refractivity contribution >= 4 is 28.5 Å². The second kappa shape index (κ2) is 11.5. The van der Waals surface area contributed by atoms with Crippen molar-refractivity contribution < 1.29 is 14.4 Å². The van der Waals surface area contributed by atoms with E-state index in [4.69, 9.17) is 5.73 Å². The van der Waals surface area contributed by atoms with Crippen LogP contribution in [0, 0.1) is 5.92 Å². The Balaban J connectivity index is 2.39. The summed E-state index contributed by atoms with van der Waals surface area (Å²) in [6, 6.07) is 10.3. The van der Waals surface area contributed by atoms with Gasteiger partial charge >= 0.3 is 0 Å². The van der Waals surface area contributed by atoms with Gasteiger partial charge in [0, 0.05) is 6.42 Å². The first-order valence-corrected chi connectivity index (χ1v) is 11.2. The molecule has 3 amide bonds. The Morgan fingerprint density at radius 2 is 1.68 bits per heavy atom. The van der Waals surface area contributed by atoms with Gasteiger partial charge in [0.15, 0.2) is 0 Å². The lowest BCUT2D eigenvalue weighted by atomic mass is 9.93. The van der Waals surface area contributed by atoms with Gasteiger partial charge in [0.2, 0.25) is 11.8 Å². The van der Waals surface area contributed by atoms with Crippen LogP contribution in [0.5, 0.6) is 0 Å². The lowest BCUT2D eigenvalue weighted by Crippen LogP contribution is -2.48. The quantitative estimate of drug-likeness (QED) is 0.470. The third kappa shape index (κ3) is 6.29. The second-order valence-electron chi connectivity index (χ2n) is 8.24. The van der Waals surface area contributed by atoms with Gasteiger partial charge < -0.3 is 16.4 Å². The molecule has 0 unspecified atom stereocenters. The summed E-state index contributed by atoms with van der Waals surface area (Å²) in [5.41, 5.74) is 6.75. The molecule has 0 saturated carbocycles. The first-order valence-electron chi connectivity index (χ1n) is 11.2. The molecular formula is C25H35N3O3. The summed E-state index contributed by atoms with van der Waals surface area (Å²) in [7, 11) is 0. The van der Waals surface area contributed by atoms with Gasteiger partial charge in [0.25, 0.3) is 5.91 Å². The van der Waals surface area contributed by atoms with Gasteiger partial charge in [-0.1, -0.05) is 76.4 Å². The number of fused-ring (bicyclic) bond motifs is 1. The van der Waals surface area contributed by atoms with E-state index in [-0.39, 0.29) is 23.8 Å². The summed E-state index contributed by atoms with van der Waals surface area (Å²) in [4.78, 5) is 37.7. The molecule has 4 N–H and O–H groups in total. The average molecular weight is 426 g/mol. The number of amides is 3. The monoisotopic (exact) mass is 425 g/mol. The SMILES string of the molecule is CCCCCC(=O)N[C@@H](C)c1ccc2ccccc2c1C(=O)N[C@H](C(N)=O)[C@@H](C)CC. The Bertz CT molecular complexity index is 925. The molecule has 0 heterocycles. The number of carbonyl (C=O) groups is 3. The molecule has 0 aromatic heterocycles. The smallest absolute Gasteiger partial charge is 0.252 e. The van der Waals surface area contributed by atoms with Crippen molar-refractivity contribution in [3.8, 4) is 0 Å². The highest BCUT2D eigenvalue weighted by molar-refractivity contribution is 6.09. The third-order valence-electron chi connectivity index (χ3n) is 5.85. The molecule has 6 nitrogen and oxygen atoms in total. The standard InChI is InChI=1S/C25H35N3O3/c1-5-7-8-13-21(29)27-17(4)19-15-14-18-11-9-10-12-20(18)22(19)25(31)28-23(24(26)30)16(3)6-2/h9-12,14-17,23H,5-8,13H2,1-4H3,(H2,26,30)(H,27,29)(H,28,31)/t16-,17-,23-/m0/s1. The lowest BCUT2D eigenvalue weighted by molar-refractivity contribution is -0.122. The second-order valence-corrected chi connectivity index (χ2v) is 8.24. The zero-order valence-electron chi connectivity index (χ0n) is 19.0. The van der Waals surface area contributed by atoms with E-state index in [1.807, 2.05) is 57.2 Å². The number of benzene rings is 2. The summed E-state index contributed by atoms with van der Waals surface area (Å²) in [6.45, 7) is 7.81. The van der Waals surface area contributed by atoms with Gasteiger partial charge in [-0.25, -0.2) is 0 Å². The van der Waals surface area contributed by atoms with Crippen LogP contribution in [-0.2, 0) is 9.59 Å². The molecule has 0 fully saturated rings. The van der Waals surface area contributed by atoms with Crippen LogP contribution >= 0.6 is 0 Å². The molecule has 3 atom stereocenters. The number of rotatable bonds is 11. The van der Waals surface area contributed by atoms with E-state index < -0.39 is 11.9 Å². The van der Waals surface area contributed by atoms with Gasteiger partial charge in [0.1, 0.15) is 6.04 Å². The van der Waals surface area contributed by atoms with Gasteiger partial charge in [-0.3, -0.25) is 14.4 Å². The number of nitrogens with one attached hydrogen (secondary N) is 2. The predicted octanol–water partition coefficient (Wildman–Crippen LogP) is 4.23. The topological polar surface area (TPSA) is 101 Å².